The molecular formula is C32H38N2O8S2. The first kappa shape index (κ1) is 33.3. The largest absolute Gasteiger partial charge is 0.480 e. The number of nitrogens with zero attached hydrogens (tertiary/aromatic N) is 1. The highest BCUT2D eigenvalue weighted by Gasteiger charge is 2.40. The number of amides is 1. The summed E-state index contributed by atoms with van der Waals surface area (Å²) < 4.78 is 55.6. The van der Waals surface area contributed by atoms with Crippen molar-refractivity contribution in [1.29, 1.82) is 0 Å². The number of aryl methyl sites for hydroxylation is 1. The van der Waals surface area contributed by atoms with Gasteiger partial charge in [-0.05, 0) is 66.3 Å². The van der Waals surface area contributed by atoms with E-state index in [1.165, 1.54) is 0 Å². The molecule has 0 saturated carbocycles. The molecule has 4 rings (SSSR count). The smallest absolute Gasteiger partial charge is 0.326 e. The van der Waals surface area contributed by atoms with Crippen LogP contribution >= 0.6 is 0 Å². The molecule has 0 bridgehead atoms. The molecule has 1 aliphatic heterocycles. The number of nitrogens with one attached hydrogen (secondary N) is 1. The van der Waals surface area contributed by atoms with Crippen molar-refractivity contribution in [2.45, 2.75) is 48.5 Å². The van der Waals surface area contributed by atoms with Crippen LogP contribution < -0.4 is 5.32 Å². The van der Waals surface area contributed by atoms with Gasteiger partial charge in [-0.3, -0.25) is 9.69 Å². The number of aliphatic carboxylic acids is 1. The van der Waals surface area contributed by atoms with Crippen LogP contribution in [0.5, 0.6) is 0 Å². The Hall–Kier alpha value is -3.58. The van der Waals surface area contributed by atoms with Gasteiger partial charge in [0.2, 0.25) is 0 Å². The van der Waals surface area contributed by atoms with E-state index in [0.717, 1.165) is 22.9 Å². The van der Waals surface area contributed by atoms with Crippen molar-refractivity contribution in [3.63, 3.8) is 0 Å². The van der Waals surface area contributed by atoms with Gasteiger partial charge in [0.05, 0.1) is 22.5 Å². The van der Waals surface area contributed by atoms with E-state index in [4.69, 9.17) is 4.74 Å². The summed E-state index contributed by atoms with van der Waals surface area (Å²) in [5, 5.41) is 11.5. The third-order valence-corrected chi connectivity index (χ3v) is 11.0. The Balaban J connectivity index is 1.64. The fourth-order valence-corrected chi connectivity index (χ4v) is 8.02. The maximum atomic E-state index is 13.5. The summed E-state index contributed by atoms with van der Waals surface area (Å²) in [7, 11) is -5.40. The number of carbonyl (C=O) groups is 2. The number of hydrogen-bond acceptors (Lipinski definition) is 8. The van der Waals surface area contributed by atoms with Crippen LogP contribution in [-0.4, -0.2) is 88.3 Å². The molecule has 3 aromatic rings. The summed E-state index contributed by atoms with van der Waals surface area (Å²) in [6.07, 6.45) is 1.17. The molecule has 0 aliphatic carbocycles. The molecule has 1 saturated heterocycles. The van der Waals surface area contributed by atoms with Gasteiger partial charge in [0.25, 0.3) is 5.91 Å². The minimum Gasteiger partial charge on any atom is -0.480 e. The number of methoxy groups -OCH3 is 1. The summed E-state index contributed by atoms with van der Waals surface area (Å²) in [4.78, 5) is 27.7. The maximum absolute atomic E-state index is 13.5. The van der Waals surface area contributed by atoms with Crippen LogP contribution in [0.3, 0.4) is 0 Å². The van der Waals surface area contributed by atoms with Crippen LogP contribution in [0.4, 0.5) is 0 Å². The minimum absolute atomic E-state index is 0.139. The molecule has 0 spiro atoms. The van der Waals surface area contributed by atoms with Gasteiger partial charge in [0.1, 0.15) is 15.9 Å². The second-order valence-electron chi connectivity index (χ2n) is 11.2. The molecule has 2 unspecified atom stereocenters. The molecule has 1 fully saturated rings. The van der Waals surface area contributed by atoms with E-state index in [0.29, 0.717) is 31.7 Å². The molecular weight excluding hydrogens is 604 g/mol. The summed E-state index contributed by atoms with van der Waals surface area (Å²) >= 11 is 0. The Morgan fingerprint density at radius 1 is 1.00 bits per heavy atom. The van der Waals surface area contributed by atoms with E-state index in [1.807, 2.05) is 37.3 Å². The van der Waals surface area contributed by atoms with Gasteiger partial charge in [-0.15, -0.1) is 0 Å². The Labute approximate surface area is 258 Å². The van der Waals surface area contributed by atoms with Crippen molar-refractivity contribution < 1.29 is 36.3 Å². The third kappa shape index (κ3) is 8.12. The van der Waals surface area contributed by atoms with Crippen LogP contribution in [-0.2, 0) is 35.8 Å². The van der Waals surface area contributed by atoms with Gasteiger partial charge < -0.3 is 15.2 Å². The number of sulfone groups is 2. The zero-order valence-corrected chi connectivity index (χ0v) is 26.6. The second kappa shape index (κ2) is 14.0. The lowest BCUT2D eigenvalue weighted by Crippen LogP contribution is -2.42. The molecule has 0 radical (unpaired) electrons. The molecule has 12 heteroatoms. The predicted octanol–water partition coefficient (Wildman–Crippen LogP) is 3.34. The fraction of sp³-hybridized carbons (Fsp3) is 0.375. The van der Waals surface area contributed by atoms with E-state index >= 15 is 0 Å². The number of hydrogen-bond donors (Lipinski definition) is 2. The summed E-state index contributed by atoms with van der Waals surface area (Å²) in [6.45, 7) is 2.98. The van der Waals surface area contributed by atoms with E-state index < -0.39 is 42.8 Å². The molecule has 44 heavy (non-hydrogen) atoms. The quantitative estimate of drug-likeness (QED) is 0.287. The Bertz CT molecular complexity index is 1710. The summed E-state index contributed by atoms with van der Waals surface area (Å²) in [5.74, 6) is -2.34. The number of rotatable bonds is 13. The van der Waals surface area contributed by atoms with Crippen molar-refractivity contribution in [3.05, 3.63) is 89.5 Å². The highest BCUT2D eigenvalue weighted by atomic mass is 32.2. The molecule has 10 nitrogen and oxygen atoms in total. The second-order valence-corrected chi connectivity index (χ2v) is 15.7. The first-order valence-corrected chi connectivity index (χ1v) is 17.8. The minimum atomic E-state index is -3.56. The van der Waals surface area contributed by atoms with Gasteiger partial charge >= 0.3 is 5.97 Å². The van der Waals surface area contributed by atoms with Crippen LogP contribution in [0.15, 0.2) is 77.7 Å². The lowest BCUT2D eigenvalue weighted by molar-refractivity contribution is -0.139. The topological polar surface area (TPSA) is 147 Å². The van der Waals surface area contributed by atoms with Gasteiger partial charge in [-0.25, -0.2) is 21.6 Å². The monoisotopic (exact) mass is 642 g/mol. The normalized spacial score (nSPS) is 18.2. The predicted molar refractivity (Wildman–Crippen MR) is 168 cm³/mol. The summed E-state index contributed by atoms with van der Waals surface area (Å²) in [5.41, 5.74) is 3.35. The van der Waals surface area contributed by atoms with E-state index in [-0.39, 0.29) is 28.7 Å². The molecule has 0 aromatic heterocycles. The molecule has 236 valence electrons. The standard InChI is InChI=1S/C32H38N2O8S2/c1-22-9-7-8-12-27(22)29-17-23(13-14-28(29)31(35)33-30(32(36)37)15-16-43(3,38)39)19-34-20-26(18-24(34)21-42-2)44(40,41)25-10-5-4-6-11-25/h4-14,17,24,26,30H,15-16,18-21H2,1-3H3,(H,33,35)(H,36,37)/t24-,26?,30?/m0/s1. The van der Waals surface area contributed by atoms with Crippen molar-refractivity contribution in [2.24, 2.45) is 0 Å². The van der Waals surface area contributed by atoms with Crippen LogP contribution in [0, 0.1) is 6.92 Å². The van der Waals surface area contributed by atoms with Crippen molar-refractivity contribution in [3.8, 4) is 11.1 Å². The van der Waals surface area contributed by atoms with Gasteiger partial charge in [-0.1, -0.05) is 48.5 Å². The Kier molecular flexibility index (Phi) is 10.6. The summed E-state index contributed by atoms with van der Waals surface area (Å²) in [6, 6.07) is 19.7. The zero-order valence-electron chi connectivity index (χ0n) is 25.0. The molecule has 3 atom stereocenters. The van der Waals surface area contributed by atoms with Crippen molar-refractivity contribution in [1.82, 2.24) is 10.2 Å². The molecule has 2 N–H and O–H groups in total. The van der Waals surface area contributed by atoms with Crippen LogP contribution in [0.2, 0.25) is 0 Å². The number of likely N-dealkylation sites (tertiary alicyclic amines) is 1. The first-order chi connectivity index (χ1) is 20.8. The third-order valence-electron chi connectivity index (χ3n) is 7.89. The van der Waals surface area contributed by atoms with Gasteiger partial charge in [0.15, 0.2) is 9.84 Å². The van der Waals surface area contributed by atoms with E-state index in [2.05, 4.69) is 10.2 Å². The number of carboxylic acid groups (broad SMARTS) is 1. The number of benzene rings is 3. The van der Waals surface area contributed by atoms with Gasteiger partial charge in [0, 0.05) is 38.1 Å². The van der Waals surface area contributed by atoms with Crippen molar-refractivity contribution >= 4 is 31.6 Å². The highest BCUT2D eigenvalue weighted by Crippen LogP contribution is 2.32. The zero-order chi connectivity index (χ0) is 32.1. The number of carboxylic acids is 1. The number of carbonyl (C=O) groups excluding carboxylic acids is 1. The van der Waals surface area contributed by atoms with Gasteiger partial charge in [-0.2, -0.15) is 0 Å². The van der Waals surface area contributed by atoms with Crippen LogP contribution in [0.25, 0.3) is 11.1 Å². The average molecular weight is 643 g/mol. The maximum Gasteiger partial charge on any atom is 0.326 e. The average Bonchev–Trinajstić information content (AvgIpc) is 3.38. The molecule has 3 aromatic carbocycles. The fourth-order valence-electron chi connectivity index (χ4n) is 5.57. The number of ether oxygens (including phenoxy) is 1. The highest BCUT2D eigenvalue weighted by molar-refractivity contribution is 7.92. The molecule has 1 heterocycles. The van der Waals surface area contributed by atoms with E-state index in [1.54, 1.807) is 49.6 Å². The molecule has 1 amide bonds. The SMILES string of the molecule is COC[C@@H]1CC(S(=O)(=O)c2ccccc2)CN1Cc1ccc(C(=O)NC(CCS(C)(=O)=O)C(=O)O)c(-c2ccccc2C)c1. The Morgan fingerprint density at radius 3 is 2.32 bits per heavy atom. The van der Waals surface area contributed by atoms with E-state index in [9.17, 15) is 31.5 Å². The lowest BCUT2D eigenvalue weighted by Gasteiger charge is -2.24. The van der Waals surface area contributed by atoms with Crippen molar-refractivity contribution in [2.75, 3.05) is 32.3 Å². The van der Waals surface area contributed by atoms with Crippen LogP contribution in [0.1, 0.15) is 34.3 Å². The first-order valence-electron chi connectivity index (χ1n) is 14.2. The lowest BCUT2D eigenvalue weighted by atomic mass is 9.93. The Morgan fingerprint density at radius 2 is 1.68 bits per heavy atom. The molecule has 1 aliphatic rings.